The van der Waals surface area contributed by atoms with Gasteiger partial charge in [-0.25, -0.2) is 0 Å². The largest absolute Gasteiger partial charge is 0.507 e. The SMILES string of the molecule is COc1ccccc1/C(O)=C1/C(=O)C(=O)N(Cc2cccs2)C1c1cccc(C)c1. The van der Waals surface area contributed by atoms with E-state index in [2.05, 4.69) is 0 Å². The van der Waals surface area contributed by atoms with E-state index in [-0.39, 0.29) is 11.3 Å². The van der Waals surface area contributed by atoms with Crippen LogP contribution in [0.25, 0.3) is 5.76 Å². The van der Waals surface area contributed by atoms with Gasteiger partial charge in [0.05, 0.1) is 30.8 Å². The Kier molecular flexibility index (Phi) is 5.42. The van der Waals surface area contributed by atoms with Gasteiger partial charge in [-0.05, 0) is 36.1 Å². The number of hydrogen-bond donors (Lipinski definition) is 1. The van der Waals surface area contributed by atoms with Crippen LogP contribution in [0.3, 0.4) is 0 Å². The first-order valence-electron chi connectivity index (χ1n) is 9.52. The van der Waals surface area contributed by atoms with Crippen LogP contribution in [0.15, 0.2) is 71.6 Å². The summed E-state index contributed by atoms with van der Waals surface area (Å²) < 4.78 is 5.36. The van der Waals surface area contributed by atoms with Crippen LogP contribution < -0.4 is 4.74 Å². The first-order valence-corrected chi connectivity index (χ1v) is 10.4. The third-order valence-corrected chi connectivity index (χ3v) is 6.03. The van der Waals surface area contributed by atoms with Gasteiger partial charge < -0.3 is 14.7 Å². The Morgan fingerprint density at radius 2 is 1.90 bits per heavy atom. The summed E-state index contributed by atoms with van der Waals surface area (Å²) in [4.78, 5) is 28.6. The van der Waals surface area contributed by atoms with Crippen molar-refractivity contribution < 1.29 is 19.4 Å². The standard InChI is InChI=1S/C24H21NO4S/c1-15-7-5-8-16(13-15)21-20(22(26)18-10-3-4-11-19(18)29-2)23(27)24(28)25(21)14-17-9-6-12-30-17/h3-13,21,26H,14H2,1-2H3/b22-20-. The number of rotatable bonds is 5. The lowest BCUT2D eigenvalue weighted by Crippen LogP contribution is -2.28. The number of likely N-dealkylation sites (tertiary alicyclic amines) is 1. The number of hydrogen-bond acceptors (Lipinski definition) is 5. The first kappa shape index (κ1) is 19.9. The van der Waals surface area contributed by atoms with Crippen LogP contribution in [-0.2, 0) is 16.1 Å². The molecule has 0 aliphatic carbocycles. The molecule has 30 heavy (non-hydrogen) atoms. The number of nitrogens with zero attached hydrogens (tertiary/aromatic N) is 1. The van der Waals surface area contributed by atoms with E-state index in [0.29, 0.717) is 17.9 Å². The van der Waals surface area contributed by atoms with Gasteiger partial charge >= 0.3 is 0 Å². The Morgan fingerprint density at radius 1 is 1.10 bits per heavy atom. The molecule has 6 heteroatoms. The van der Waals surface area contributed by atoms with Crippen molar-refractivity contribution in [2.75, 3.05) is 7.11 Å². The van der Waals surface area contributed by atoms with Gasteiger partial charge in [-0.3, -0.25) is 9.59 Å². The molecule has 1 aliphatic rings. The maximum atomic E-state index is 13.1. The molecule has 2 heterocycles. The molecule has 0 radical (unpaired) electrons. The number of aliphatic hydroxyl groups excluding tert-OH is 1. The predicted octanol–water partition coefficient (Wildman–Crippen LogP) is 4.69. The molecule has 1 saturated heterocycles. The smallest absolute Gasteiger partial charge is 0.295 e. The van der Waals surface area contributed by atoms with Crippen molar-refractivity contribution >= 4 is 28.8 Å². The number of thiophene rings is 1. The zero-order valence-electron chi connectivity index (χ0n) is 16.7. The molecular weight excluding hydrogens is 398 g/mol. The Balaban J connectivity index is 1.91. The van der Waals surface area contributed by atoms with E-state index >= 15 is 0 Å². The molecule has 1 atom stereocenters. The third kappa shape index (κ3) is 3.50. The number of benzene rings is 2. The van der Waals surface area contributed by atoms with E-state index in [9.17, 15) is 14.7 Å². The maximum Gasteiger partial charge on any atom is 0.295 e. The Labute approximate surface area is 178 Å². The molecule has 0 bridgehead atoms. The van der Waals surface area contributed by atoms with E-state index in [4.69, 9.17) is 4.74 Å². The fraction of sp³-hybridized carbons (Fsp3) is 0.167. The zero-order chi connectivity index (χ0) is 21.3. The molecule has 152 valence electrons. The molecule has 2 aromatic carbocycles. The highest BCUT2D eigenvalue weighted by Crippen LogP contribution is 2.42. The molecular formula is C24H21NO4S. The summed E-state index contributed by atoms with van der Waals surface area (Å²) >= 11 is 1.52. The topological polar surface area (TPSA) is 66.8 Å². The maximum absolute atomic E-state index is 13.1. The third-order valence-electron chi connectivity index (χ3n) is 5.17. The van der Waals surface area contributed by atoms with Gasteiger partial charge in [-0.2, -0.15) is 0 Å². The van der Waals surface area contributed by atoms with E-state index in [1.807, 2.05) is 48.7 Å². The fourth-order valence-electron chi connectivity index (χ4n) is 3.79. The van der Waals surface area contributed by atoms with Gasteiger partial charge in [-0.15, -0.1) is 11.3 Å². The number of para-hydroxylation sites is 1. The second-order valence-electron chi connectivity index (χ2n) is 7.12. The second kappa shape index (κ2) is 8.16. The number of carbonyl (C=O) groups excluding carboxylic acids is 2. The van der Waals surface area contributed by atoms with Crippen LogP contribution in [0.4, 0.5) is 0 Å². The van der Waals surface area contributed by atoms with Crippen LogP contribution in [-0.4, -0.2) is 28.8 Å². The normalized spacial score (nSPS) is 18.1. The zero-order valence-corrected chi connectivity index (χ0v) is 17.5. The molecule has 1 fully saturated rings. The molecule has 1 aromatic heterocycles. The average Bonchev–Trinajstić information content (AvgIpc) is 3.35. The van der Waals surface area contributed by atoms with Gasteiger partial charge in [0.25, 0.3) is 11.7 Å². The Morgan fingerprint density at radius 3 is 2.60 bits per heavy atom. The second-order valence-corrected chi connectivity index (χ2v) is 8.15. The number of methoxy groups -OCH3 is 1. The van der Waals surface area contributed by atoms with Gasteiger partial charge in [0.2, 0.25) is 0 Å². The fourth-order valence-corrected chi connectivity index (χ4v) is 4.49. The molecule has 1 amide bonds. The lowest BCUT2D eigenvalue weighted by Gasteiger charge is -2.25. The summed E-state index contributed by atoms with van der Waals surface area (Å²) in [6.45, 7) is 2.25. The molecule has 1 unspecified atom stereocenters. The van der Waals surface area contributed by atoms with Crippen molar-refractivity contribution in [3.63, 3.8) is 0 Å². The minimum absolute atomic E-state index is 0.0756. The number of Topliss-reactive ketones (excluding diaryl/α,β-unsaturated/α-hetero) is 1. The van der Waals surface area contributed by atoms with E-state index < -0.39 is 17.7 Å². The predicted molar refractivity (Wildman–Crippen MR) is 116 cm³/mol. The minimum atomic E-state index is -0.693. The molecule has 1 N–H and O–H groups in total. The number of ketones is 1. The molecule has 5 nitrogen and oxygen atoms in total. The van der Waals surface area contributed by atoms with Crippen LogP contribution in [0.1, 0.15) is 27.6 Å². The van der Waals surface area contributed by atoms with Crippen molar-refractivity contribution in [2.45, 2.75) is 19.5 Å². The van der Waals surface area contributed by atoms with Crippen molar-refractivity contribution in [2.24, 2.45) is 0 Å². The van der Waals surface area contributed by atoms with Gasteiger partial charge in [0.15, 0.2) is 0 Å². The van der Waals surface area contributed by atoms with Gasteiger partial charge in [-0.1, -0.05) is 48.0 Å². The summed E-state index contributed by atoms with van der Waals surface area (Å²) in [6.07, 6.45) is 0. The minimum Gasteiger partial charge on any atom is -0.507 e. The summed E-state index contributed by atoms with van der Waals surface area (Å²) in [5.41, 5.74) is 2.24. The molecule has 0 saturated carbocycles. The summed E-state index contributed by atoms with van der Waals surface area (Å²) in [7, 11) is 1.50. The molecule has 0 spiro atoms. The Bertz CT molecular complexity index is 1130. The lowest BCUT2D eigenvalue weighted by molar-refractivity contribution is -0.140. The first-order chi connectivity index (χ1) is 14.5. The van der Waals surface area contributed by atoms with E-state index in [0.717, 1.165) is 16.0 Å². The van der Waals surface area contributed by atoms with Gasteiger partial charge in [0.1, 0.15) is 11.5 Å². The van der Waals surface area contributed by atoms with E-state index in [1.165, 1.54) is 23.3 Å². The number of ether oxygens (including phenoxy) is 1. The number of amides is 1. The molecule has 1 aliphatic heterocycles. The van der Waals surface area contributed by atoms with Crippen LogP contribution in [0.2, 0.25) is 0 Å². The van der Waals surface area contributed by atoms with Crippen LogP contribution in [0.5, 0.6) is 5.75 Å². The van der Waals surface area contributed by atoms with Crippen molar-refractivity contribution in [3.8, 4) is 5.75 Å². The highest BCUT2D eigenvalue weighted by atomic mass is 32.1. The highest BCUT2D eigenvalue weighted by molar-refractivity contribution is 7.09. The lowest BCUT2D eigenvalue weighted by atomic mass is 9.94. The van der Waals surface area contributed by atoms with Crippen molar-refractivity contribution in [3.05, 3.63) is 93.2 Å². The quantitative estimate of drug-likeness (QED) is 0.370. The molecule has 4 rings (SSSR count). The Hall–Kier alpha value is -3.38. The highest BCUT2D eigenvalue weighted by Gasteiger charge is 2.46. The van der Waals surface area contributed by atoms with Gasteiger partial charge in [0, 0.05) is 4.88 Å². The average molecular weight is 420 g/mol. The van der Waals surface area contributed by atoms with Crippen LogP contribution in [0, 0.1) is 6.92 Å². The summed E-state index contributed by atoms with van der Waals surface area (Å²) in [6, 6.07) is 17.7. The summed E-state index contributed by atoms with van der Waals surface area (Å²) in [5.74, 6) is -1.11. The van der Waals surface area contributed by atoms with Crippen molar-refractivity contribution in [1.29, 1.82) is 0 Å². The van der Waals surface area contributed by atoms with E-state index in [1.54, 1.807) is 24.3 Å². The van der Waals surface area contributed by atoms with Crippen LogP contribution >= 0.6 is 11.3 Å². The number of aryl methyl sites for hydroxylation is 1. The monoisotopic (exact) mass is 419 g/mol. The number of carbonyl (C=O) groups is 2. The number of aliphatic hydroxyl groups is 1. The summed E-state index contributed by atoms with van der Waals surface area (Å²) in [5, 5.41) is 13.1. The van der Waals surface area contributed by atoms with Crippen molar-refractivity contribution in [1.82, 2.24) is 4.90 Å². The molecule has 3 aromatic rings.